The van der Waals surface area contributed by atoms with E-state index in [9.17, 15) is 19.8 Å². The van der Waals surface area contributed by atoms with E-state index in [1.807, 2.05) is 32.2 Å². The maximum atomic E-state index is 13.3. The van der Waals surface area contributed by atoms with Crippen LogP contribution in [0, 0.1) is 24.2 Å². The number of nitrogens with zero attached hydrogens (tertiary/aromatic N) is 1. The fraction of sp³-hybridized carbons (Fsp3) is 0.667. The van der Waals surface area contributed by atoms with Gasteiger partial charge in [-0.1, -0.05) is 39.3 Å². The molecule has 0 bridgehead atoms. The molecule has 3 heterocycles. The number of thiazole rings is 1. The van der Waals surface area contributed by atoms with Gasteiger partial charge in [0, 0.05) is 29.8 Å². The van der Waals surface area contributed by atoms with Crippen LogP contribution in [-0.4, -0.2) is 57.3 Å². The van der Waals surface area contributed by atoms with Crippen LogP contribution >= 0.6 is 11.3 Å². The number of hydrogen-bond donors (Lipinski definition) is 3. The van der Waals surface area contributed by atoms with Crippen LogP contribution in [0.4, 0.5) is 0 Å². The number of ketones is 1. The van der Waals surface area contributed by atoms with Crippen molar-refractivity contribution < 1.29 is 24.5 Å². The molecule has 3 N–H and O–H groups in total. The van der Waals surface area contributed by atoms with Gasteiger partial charge in [0.2, 0.25) is 0 Å². The molecule has 0 amide bonds. The van der Waals surface area contributed by atoms with Crippen molar-refractivity contribution in [1.82, 2.24) is 10.3 Å². The van der Waals surface area contributed by atoms with E-state index in [0.29, 0.717) is 6.42 Å². The highest BCUT2D eigenvalue weighted by molar-refractivity contribution is 7.09. The summed E-state index contributed by atoms with van der Waals surface area (Å²) in [5.74, 6) is -1.60. The molecule has 1 saturated heterocycles. The number of nitrogens with one attached hydrogen (secondary N) is 1. The van der Waals surface area contributed by atoms with Crippen molar-refractivity contribution in [2.45, 2.75) is 98.1 Å². The number of aliphatic hydroxyl groups excluding tert-OH is 2. The van der Waals surface area contributed by atoms with E-state index in [-0.39, 0.29) is 30.2 Å². The molecule has 7 atom stereocenters. The van der Waals surface area contributed by atoms with Crippen molar-refractivity contribution in [3.63, 3.8) is 0 Å². The van der Waals surface area contributed by atoms with Gasteiger partial charge < -0.3 is 20.3 Å². The zero-order valence-electron chi connectivity index (χ0n) is 21.9. The highest BCUT2D eigenvalue weighted by atomic mass is 32.1. The van der Waals surface area contributed by atoms with E-state index in [4.69, 9.17) is 4.74 Å². The molecule has 1 aromatic rings. The SMILES string of the molecule is CC(=Cc1csc(C)n1)[C@H]1C/C=C(/C)CC2NC2[C@H](C)[C@@H](O)[C@@H](C)C(=O)C(C)(C)[C@@H](O)CC(=O)O1. The average Bonchev–Trinajstić information content (AvgIpc) is 3.43. The van der Waals surface area contributed by atoms with Gasteiger partial charge in [0.25, 0.3) is 0 Å². The van der Waals surface area contributed by atoms with Gasteiger partial charge in [0.1, 0.15) is 11.9 Å². The first kappa shape index (κ1) is 27.7. The van der Waals surface area contributed by atoms with Gasteiger partial charge in [-0.05, 0) is 44.8 Å². The summed E-state index contributed by atoms with van der Waals surface area (Å²) in [6.45, 7) is 12.8. The first-order chi connectivity index (χ1) is 16.3. The van der Waals surface area contributed by atoms with Crippen molar-refractivity contribution in [1.29, 1.82) is 0 Å². The number of rotatable bonds is 2. The monoisotopic (exact) mass is 504 g/mol. The second-order valence-corrected chi connectivity index (χ2v) is 12.0. The molecule has 2 aliphatic heterocycles. The van der Waals surface area contributed by atoms with Crippen LogP contribution in [0.1, 0.15) is 71.5 Å². The molecule has 0 aliphatic carbocycles. The lowest BCUT2D eigenvalue weighted by Crippen LogP contribution is -2.46. The van der Waals surface area contributed by atoms with Crippen molar-refractivity contribution in [2.24, 2.45) is 17.3 Å². The van der Waals surface area contributed by atoms with Crippen LogP contribution < -0.4 is 5.32 Å². The summed E-state index contributed by atoms with van der Waals surface area (Å²) in [7, 11) is 0. The number of esters is 1. The van der Waals surface area contributed by atoms with Crippen molar-refractivity contribution in [2.75, 3.05) is 0 Å². The Bertz CT molecular complexity index is 997. The van der Waals surface area contributed by atoms with Gasteiger partial charge in [-0.2, -0.15) is 0 Å². The van der Waals surface area contributed by atoms with Crippen LogP contribution in [0.5, 0.6) is 0 Å². The lowest BCUT2D eigenvalue weighted by molar-refractivity contribution is -0.154. The number of carbonyl (C=O) groups is 2. The van der Waals surface area contributed by atoms with Crippen LogP contribution in [-0.2, 0) is 14.3 Å². The zero-order chi connectivity index (χ0) is 26.1. The Labute approximate surface area is 212 Å². The van der Waals surface area contributed by atoms with E-state index in [1.165, 1.54) is 5.57 Å². The number of aryl methyl sites for hydroxylation is 1. The quantitative estimate of drug-likeness (QED) is 0.318. The molecule has 0 spiro atoms. The third-order valence-electron chi connectivity index (χ3n) is 7.61. The largest absolute Gasteiger partial charge is 0.457 e. The molecule has 1 aromatic heterocycles. The van der Waals surface area contributed by atoms with E-state index >= 15 is 0 Å². The summed E-state index contributed by atoms with van der Waals surface area (Å²) in [5.41, 5.74) is 1.66. The van der Waals surface area contributed by atoms with E-state index in [2.05, 4.69) is 23.3 Å². The maximum Gasteiger partial charge on any atom is 0.309 e. The first-order valence-corrected chi connectivity index (χ1v) is 13.3. The highest BCUT2D eigenvalue weighted by Crippen LogP contribution is 2.35. The van der Waals surface area contributed by atoms with Gasteiger partial charge >= 0.3 is 5.97 Å². The summed E-state index contributed by atoms with van der Waals surface area (Å²) in [6.07, 6.45) is 2.49. The smallest absolute Gasteiger partial charge is 0.309 e. The molecule has 194 valence electrons. The topological polar surface area (TPSA) is 119 Å². The molecule has 2 unspecified atom stereocenters. The molecular formula is C27H40N2O5S. The number of carbonyl (C=O) groups excluding carboxylic acids is 2. The minimum atomic E-state index is -1.23. The first-order valence-electron chi connectivity index (χ1n) is 12.4. The fourth-order valence-electron chi connectivity index (χ4n) is 4.93. The van der Waals surface area contributed by atoms with Gasteiger partial charge in [-0.15, -0.1) is 11.3 Å². The van der Waals surface area contributed by atoms with Gasteiger partial charge in [0.05, 0.1) is 34.7 Å². The molecule has 2 aliphatic rings. The Balaban J connectivity index is 1.89. The Morgan fingerprint density at radius 3 is 2.54 bits per heavy atom. The number of aliphatic hydroxyl groups is 2. The van der Waals surface area contributed by atoms with E-state index in [1.54, 1.807) is 32.1 Å². The van der Waals surface area contributed by atoms with Gasteiger partial charge in [0.15, 0.2) is 0 Å². The lowest BCUT2D eigenvalue weighted by atomic mass is 9.73. The van der Waals surface area contributed by atoms with Crippen LogP contribution in [0.3, 0.4) is 0 Å². The number of ether oxygens (including phenoxy) is 1. The van der Waals surface area contributed by atoms with Gasteiger partial charge in [-0.25, -0.2) is 4.98 Å². The molecule has 1 fully saturated rings. The molecule has 7 nitrogen and oxygen atoms in total. The van der Waals surface area contributed by atoms with E-state index in [0.717, 1.165) is 22.7 Å². The molecule has 35 heavy (non-hydrogen) atoms. The number of Topliss-reactive ketones (excluding diaryl/α,β-unsaturated/α-hetero) is 1. The van der Waals surface area contributed by atoms with Crippen LogP contribution in [0.25, 0.3) is 6.08 Å². The summed E-state index contributed by atoms with van der Waals surface area (Å²) in [6, 6.07) is 0.369. The second kappa shape index (κ2) is 11.0. The summed E-state index contributed by atoms with van der Waals surface area (Å²) in [5, 5.41) is 28.2. The standard InChI is InChI=1S/C27H40N2O5S/c1-14-8-9-21(15(2)11-19-13-35-18(5)28-19)34-23(31)12-22(30)27(6,7)26(33)17(4)25(32)16(3)24-20(10-14)29-24/h8,11,13,16-17,20-22,24-25,29-30,32H,9-10,12H2,1-7H3/b14-8-,15-11?/t16-,17+,20?,21+,22-,24?,25+/m0/s1. The Morgan fingerprint density at radius 2 is 1.91 bits per heavy atom. The predicted molar refractivity (Wildman–Crippen MR) is 138 cm³/mol. The minimum Gasteiger partial charge on any atom is -0.457 e. The summed E-state index contributed by atoms with van der Waals surface area (Å²) in [4.78, 5) is 30.6. The Morgan fingerprint density at radius 1 is 1.23 bits per heavy atom. The minimum absolute atomic E-state index is 0.114. The third-order valence-corrected chi connectivity index (χ3v) is 8.40. The van der Waals surface area contributed by atoms with E-state index < -0.39 is 35.6 Å². The molecule has 3 rings (SSSR count). The second-order valence-electron chi connectivity index (χ2n) is 10.9. The molecule has 0 aromatic carbocycles. The Hall–Kier alpha value is -1.87. The normalized spacial score (nSPS) is 36.7. The summed E-state index contributed by atoms with van der Waals surface area (Å²) < 4.78 is 5.83. The lowest BCUT2D eigenvalue weighted by Gasteiger charge is -2.34. The third kappa shape index (κ3) is 6.67. The molecule has 8 heteroatoms. The van der Waals surface area contributed by atoms with Gasteiger partial charge in [-0.3, -0.25) is 9.59 Å². The molecule has 0 radical (unpaired) electrons. The fourth-order valence-corrected chi connectivity index (χ4v) is 5.50. The van der Waals surface area contributed by atoms with Crippen molar-refractivity contribution in [3.05, 3.63) is 33.3 Å². The summed E-state index contributed by atoms with van der Waals surface area (Å²) >= 11 is 1.56. The number of hydrogen-bond acceptors (Lipinski definition) is 8. The average molecular weight is 505 g/mol. The molecular weight excluding hydrogens is 464 g/mol. The van der Waals surface area contributed by atoms with Crippen molar-refractivity contribution in [3.8, 4) is 0 Å². The zero-order valence-corrected chi connectivity index (χ0v) is 22.7. The number of aromatic nitrogens is 1. The molecule has 0 saturated carbocycles. The highest BCUT2D eigenvalue weighted by Gasteiger charge is 2.47. The Kier molecular flexibility index (Phi) is 8.73. The predicted octanol–water partition coefficient (Wildman–Crippen LogP) is 3.83. The van der Waals surface area contributed by atoms with Crippen LogP contribution in [0.15, 0.2) is 22.6 Å². The number of cyclic esters (lactones) is 1. The number of fused-ring (bicyclic) bond motifs is 1. The van der Waals surface area contributed by atoms with Crippen LogP contribution in [0.2, 0.25) is 0 Å². The van der Waals surface area contributed by atoms with Crippen molar-refractivity contribution >= 4 is 29.2 Å². The maximum absolute atomic E-state index is 13.3.